The van der Waals surface area contributed by atoms with Gasteiger partial charge in [0.1, 0.15) is 5.71 Å². The van der Waals surface area contributed by atoms with Gasteiger partial charge in [0.25, 0.3) is 0 Å². The maximum atomic E-state index is 11.1. The topological polar surface area (TPSA) is 54.1 Å². The fourth-order valence-corrected chi connectivity index (χ4v) is 1.86. The molecule has 2 rings (SSSR count). The van der Waals surface area contributed by atoms with E-state index in [1.165, 1.54) is 0 Å². The van der Waals surface area contributed by atoms with Crippen molar-refractivity contribution in [1.82, 2.24) is 0 Å². The van der Waals surface area contributed by atoms with Crippen molar-refractivity contribution in [1.29, 1.82) is 0 Å². The Balaban J connectivity index is 0.00000144. The molecule has 1 atom stereocenters. The molecule has 0 fully saturated rings. The molecule has 1 aliphatic heterocycles. The van der Waals surface area contributed by atoms with Crippen LogP contribution in [0.5, 0.6) is 0 Å². The Hall–Kier alpha value is -1.20. The van der Waals surface area contributed by atoms with Crippen LogP contribution in [0, 0.1) is 5.41 Å². The molecule has 1 unspecified atom stereocenters. The molecule has 4 nitrogen and oxygen atoms in total. The second-order valence-electron chi connectivity index (χ2n) is 4.91. The van der Waals surface area contributed by atoms with Crippen molar-refractivity contribution < 1.29 is 31.9 Å². The number of nitrogens with one attached hydrogen (secondary N) is 1. The number of benzene rings is 1. The largest absolute Gasteiger partial charge is 1.00 e. The van der Waals surface area contributed by atoms with E-state index in [1.54, 1.807) is 6.07 Å². The van der Waals surface area contributed by atoms with E-state index in [2.05, 4.69) is 5.10 Å². The zero-order chi connectivity index (χ0) is 11.9. The summed E-state index contributed by atoms with van der Waals surface area (Å²) in [5, 5.41) is 13.5. The van der Waals surface area contributed by atoms with Gasteiger partial charge in [0.15, 0.2) is 5.69 Å². The first-order chi connectivity index (χ1) is 7.41. The smallest absolute Gasteiger partial charge is 0.544 e. The predicted octanol–water partition coefficient (Wildman–Crippen LogP) is -1.35. The number of nitrogens with zero attached hydrogens (tertiary/aromatic N) is 1. The summed E-state index contributed by atoms with van der Waals surface area (Å²) in [6, 6.07) is 7.48. The van der Waals surface area contributed by atoms with Gasteiger partial charge in [-0.1, -0.05) is 43.0 Å². The molecule has 1 aromatic carbocycles. The summed E-state index contributed by atoms with van der Waals surface area (Å²) in [6.45, 7) is 6.11. The van der Waals surface area contributed by atoms with Gasteiger partial charge in [-0.25, -0.2) is 0 Å². The molecule has 1 aliphatic rings. The van der Waals surface area contributed by atoms with E-state index in [0.717, 1.165) is 17.0 Å². The van der Waals surface area contributed by atoms with Crippen molar-refractivity contribution in [3.63, 3.8) is 0 Å². The average molecular weight is 299 g/mol. The number of carboxylic acid groups (broad SMARTS) is 1. The van der Waals surface area contributed by atoms with Crippen molar-refractivity contribution in [2.75, 3.05) is 0 Å². The van der Waals surface area contributed by atoms with Crippen LogP contribution in [0.25, 0.3) is 0 Å². The minimum absolute atomic E-state index is 0. The Morgan fingerprint density at radius 1 is 1.29 bits per heavy atom. The van der Waals surface area contributed by atoms with Crippen LogP contribution < -0.4 is 22.0 Å². The molecule has 92 valence electrons. The fraction of sp³-hybridized carbons (Fsp3) is 0.333. The van der Waals surface area contributed by atoms with Gasteiger partial charge in [0, 0.05) is 11.5 Å². The molecule has 0 spiro atoms. The van der Waals surface area contributed by atoms with Gasteiger partial charge in [-0.15, -0.1) is 0 Å². The van der Waals surface area contributed by atoms with Crippen LogP contribution in [0.4, 0.5) is 10.5 Å². The standard InChI is InChI=1S/C12H14N2O2.BrH/c1-12(2,3)10-8-6-4-5-7-9(8)14(13-10)11(15)16;/h4-7H,1-3H3,(H,15,16);1H. The second-order valence-corrected chi connectivity index (χ2v) is 4.91. The van der Waals surface area contributed by atoms with Gasteiger partial charge in [-0.2, -0.15) is 4.79 Å². The van der Waals surface area contributed by atoms with Crippen LogP contribution in [-0.4, -0.2) is 16.9 Å². The van der Waals surface area contributed by atoms with Crippen molar-refractivity contribution in [2.24, 2.45) is 10.5 Å². The Morgan fingerprint density at radius 3 is 2.41 bits per heavy atom. The maximum absolute atomic E-state index is 11.1. The van der Waals surface area contributed by atoms with E-state index >= 15 is 0 Å². The first kappa shape index (κ1) is 13.9. The second kappa shape index (κ2) is 4.58. The minimum atomic E-state index is -0.966. The molecule has 5 heteroatoms. The zero-order valence-electron chi connectivity index (χ0n) is 9.99. The maximum Gasteiger partial charge on any atom is 0.544 e. The third kappa shape index (κ3) is 2.40. The number of halogens is 1. The lowest BCUT2D eigenvalue weighted by Gasteiger charge is -2.16. The third-order valence-corrected chi connectivity index (χ3v) is 2.57. The monoisotopic (exact) mass is 298 g/mol. The van der Waals surface area contributed by atoms with Gasteiger partial charge in [-0.3, -0.25) is 0 Å². The highest BCUT2D eigenvalue weighted by molar-refractivity contribution is 6.08. The Kier molecular flexibility index (Phi) is 3.74. The summed E-state index contributed by atoms with van der Waals surface area (Å²) in [7, 11) is 0. The Labute approximate surface area is 111 Å². The summed E-state index contributed by atoms with van der Waals surface area (Å²) in [6.07, 6.45) is -0.966. The van der Waals surface area contributed by atoms with E-state index < -0.39 is 6.09 Å². The Morgan fingerprint density at radius 2 is 1.88 bits per heavy atom. The molecular formula is C12H15BrN2O2. The normalized spacial score (nSPS) is 18.1. The minimum Gasteiger partial charge on any atom is -1.00 e. The Bertz CT molecular complexity index is 478. The van der Waals surface area contributed by atoms with Crippen molar-refractivity contribution in [2.45, 2.75) is 20.8 Å². The number of fused-ring (bicyclic) bond motifs is 1. The molecule has 2 N–H and O–H groups in total. The van der Waals surface area contributed by atoms with Crippen molar-refractivity contribution in [3.8, 4) is 0 Å². The van der Waals surface area contributed by atoms with E-state index in [1.807, 2.05) is 39.0 Å². The number of hydrogen-bond donors (Lipinski definition) is 2. The van der Waals surface area contributed by atoms with E-state index in [9.17, 15) is 4.79 Å². The van der Waals surface area contributed by atoms with Gasteiger partial charge in [-0.05, 0) is 6.07 Å². The quantitative estimate of drug-likeness (QED) is 0.622. The average Bonchev–Trinajstić information content (AvgIpc) is 2.56. The molecule has 1 heterocycles. The van der Waals surface area contributed by atoms with Crippen molar-refractivity contribution in [3.05, 3.63) is 29.8 Å². The molecule has 0 bridgehead atoms. The molecule has 17 heavy (non-hydrogen) atoms. The number of amides is 1. The van der Waals surface area contributed by atoms with Crippen LogP contribution in [0.2, 0.25) is 0 Å². The molecule has 1 amide bonds. The number of hydrogen-bond acceptors (Lipinski definition) is 2. The molecule has 0 radical (unpaired) electrons. The first-order valence-corrected chi connectivity index (χ1v) is 5.20. The molecule has 0 aliphatic carbocycles. The van der Waals surface area contributed by atoms with Gasteiger partial charge in [0.2, 0.25) is 0 Å². The van der Waals surface area contributed by atoms with Crippen LogP contribution in [-0.2, 0) is 0 Å². The SMILES string of the molecule is CC(C)(C)C1=N[NH+](C(=O)O)c2ccccc21.[Br-]. The molecular weight excluding hydrogens is 284 g/mol. The van der Waals surface area contributed by atoms with Gasteiger partial charge in [0.05, 0.1) is 5.56 Å². The summed E-state index contributed by atoms with van der Waals surface area (Å²) in [5.74, 6) is 0. The molecule has 0 aromatic heterocycles. The fourth-order valence-electron chi connectivity index (χ4n) is 1.86. The summed E-state index contributed by atoms with van der Waals surface area (Å²) >= 11 is 0. The highest BCUT2D eigenvalue weighted by Crippen LogP contribution is 2.27. The number of carbonyl (C=O) groups is 1. The number of para-hydroxylation sites is 1. The summed E-state index contributed by atoms with van der Waals surface area (Å²) < 4.78 is 0. The van der Waals surface area contributed by atoms with Crippen molar-refractivity contribution >= 4 is 17.5 Å². The van der Waals surface area contributed by atoms with Gasteiger partial charge < -0.3 is 22.1 Å². The summed E-state index contributed by atoms with van der Waals surface area (Å²) in [5.41, 5.74) is 2.36. The lowest BCUT2D eigenvalue weighted by molar-refractivity contribution is -0.756. The lowest BCUT2D eigenvalue weighted by Crippen LogP contribution is -3.04. The lowest BCUT2D eigenvalue weighted by atomic mass is 9.85. The van der Waals surface area contributed by atoms with Crippen LogP contribution in [0.3, 0.4) is 0 Å². The third-order valence-electron chi connectivity index (χ3n) is 2.57. The molecule has 0 saturated carbocycles. The predicted molar refractivity (Wildman–Crippen MR) is 61.1 cm³/mol. The molecule has 1 aromatic rings. The molecule has 0 saturated heterocycles. The van der Waals surface area contributed by atoms with Gasteiger partial charge >= 0.3 is 6.09 Å². The zero-order valence-corrected chi connectivity index (χ0v) is 11.6. The van der Waals surface area contributed by atoms with Crippen LogP contribution >= 0.6 is 0 Å². The highest BCUT2D eigenvalue weighted by atomic mass is 79.9. The van der Waals surface area contributed by atoms with E-state index in [0.29, 0.717) is 0 Å². The number of quaternary nitrogens is 1. The van der Waals surface area contributed by atoms with Crippen LogP contribution in [0.1, 0.15) is 26.3 Å². The van der Waals surface area contributed by atoms with E-state index in [-0.39, 0.29) is 27.4 Å². The highest BCUT2D eigenvalue weighted by Gasteiger charge is 2.38. The van der Waals surface area contributed by atoms with Crippen LogP contribution in [0.15, 0.2) is 29.4 Å². The summed E-state index contributed by atoms with van der Waals surface area (Å²) in [4.78, 5) is 11.1. The number of rotatable bonds is 0. The van der Waals surface area contributed by atoms with E-state index in [4.69, 9.17) is 5.11 Å². The first-order valence-electron chi connectivity index (χ1n) is 5.20.